The Morgan fingerprint density at radius 1 is 0.982 bits per heavy atom. The zero-order chi connectivity index (χ0) is 38.8. The number of imide groups is 1. The average Bonchev–Trinajstić information content (AvgIpc) is 4.06. The van der Waals surface area contributed by atoms with Crippen molar-refractivity contribution in [3.05, 3.63) is 88.1 Å². The van der Waals surface area contributed by atoms with E-state index in [-0.39, 0.29) is 41.1 Å². The largest absolute Gasteiger partial charge is 0.496 e. The molecular formula is C43H50N8O5. The Balaban J connectivity index is 0.822. The first kappa shape index (κ1) is 37.4. The molecule has 2 saturated carbocycles. The fourth-order valence-corrected chi connectivity index (χ4v) is 8.60. The highest BCUT2D eigenvalue weighted by Crippen LogP contribution is 2.36. The van der Waals surface area contributed by atoms with Crippen LogP contribution in [0.2, 0.25) is 0 Å². The van der Waals surface area contributed by atoms with Gasteiger partial charge in [0.1, 0.15) is 11.4 Å². The maximum atomic E-state index is 13.4. The number of pyridine rings is 2. The molecule has 4 fully saturated rings. The second-order valence-corrected chi connectivity index (χ2v) is 15.7. The standard InChI is InChI=1S/C43H50N8O5/c1-56-39-23-36(44)28(22-33(39)42(54)47-37-5-3-16-51(43(37)55)30-11-12-30)24-46-29-9-7-27(8-10-29)15-17-49-18-20-50(21-19-49)38-6-2-4-31-34(25-45-26-35(31)38)32-13-14-40(52)48-41(32)53/h2-6,16,22-27,29-30,32H,7-15,17-21,44H2,1H3,(H,47,54)(H,48,52,53). The highest BCUT2D eigenvalue weighted by atomic mass is 16.5. The van der Waals surface area contributed by atoms with Gasteiger partial charge in [0.05, 0.1) is 18.6 Å². The van der Waals surface area contributed by atoms with Gasteiger partial charge in [-0.1, -0.05) is 12.1 Å². The number of rotatable bonds is 11. The number of anilines is 3. The molecule has 4 aromatic rings. The molecular weight excluding hydrogens is 709 g/mol. The van der Waals surface area contributed by atoms with Gasteiger partial charge in [0, 0.05) is 97.9 Å². The molecule has 13 heteroatoms. The first-order valence-corrected chi connectivity index (χ1v) is 20.0. The van der Waals surface area contributed by atoms with Crippen LogP contribution in [0.25, 0.3) is 10.8 Å². The number of hydrogen-bond acceptors (Lipinski definition) is 10. The number of piperazine rings is 1. The van der Waals surface area contributed by atoms with E-state index in [0.29, 0.717) is 41.3 Å². The lowest BCUT2D eigenvalue weighted by molar-refractivity contribution is -0.134. The minimum Gasteiger partial charge on any atom is -0.496 e. The number of nitrogen functional groups attached to an aromatic ring is 1. The highest BCUT2D eigenvalue weighted by Gasteiger charge is 2.31. The summed E-state index contributed by atoms with van der Waals surface area (Å²) < 4.78 is 7.17. The number of hydrogen-bond donors (Lipinski definition) is 3. The van der Waals surface area contributed by atoms with Crippen molar-refractivity contribution in [2.75, 3.05) is 55.8 Å². The molecule has 0 bridgehead atoms. The summed E-state index contributed by atoms with van der Waals surface area (Å²) in [5.74, 6) is -0.247. The summed E-state index contributed by atoms with van der Waals surface area (Å²) in [7, 11) is 1.49. The fraction of sp³-hybridized carbons (Fsp3) is 0.442. The number of aromatic nitrogens is 2. The maximum Gasteiger partial charge on any atom is 0.274 e. The Morgan fingerprint density at radius 3 is 2.54 bits per heavy atom. The smallest absolute Gasteiger partial charge is 0.274 e. The van der Waals surface area contributed by atoms with Crippen molar-refractivity contribution in [3.8, 4) is 5.75 Å². The molecule has 2 aliphatic heterocycles. The molecule has 3 amide bonds. The fourth-order valence-electron chi connectivity index (χ4n) is 8.60. The van der Waals surface area contributed by atoms with Crippen molar-refractivity contribution in [1.29, 1.82) is 0 Å². The van der Waals surface area contributed by atoms with E-state index in [0.717, 1.165) is 93.3 Å². The van der Waals surface area contributed by atoms with Crippen LogP contribution in [0.1, 0.15) is 91.2 Å². The van der Waals surface area contributed by atoms with E-state index in [1.165, 1.54) is 13.5 Å². The van der Waals surface area contributed by atoms with Crippen molar-refractivity contribution in [1.82, 2.24) is 19.8 Å². The highest BCUT2D eigenvalue weighted by molar-refractivity contribution is 6.08. The van der Waals surface area contributed by atoms with Crippen LogP contribution in [0.3, 0.4) is 0 Å². The van der Waals surface area contributed by atoms with Gasteiger partial charge < -0.3 is 25.3 Å². The number of nitrogens with two attached hydrogens (primary N) is 1. The van der Waals surface area contributed by atoms with Gasteiger partial charge in [-0.25, -0.2) is 0 Å². The average molecular weight is 759 g/mol. The Morgan fingerprint density at radius 2 is 1.79 bits per heavy atom. The van der Waals surface area contributed by atoms with Crippen LogP contribution in [-0.2, 0) is 9.59 Å². The van der Waals surface area contributed by atoms with Gasteiger partial charge in [-0.05, 0) is 99.0 Å². The number of methoxy groups -OCH3 is 1. The number of nitrogens with one attached hydrogen (secondary N) is 2. The third-order valence-corrected chi connectivity index (χ3v) is 12.0. The van der Waals surface area contributed by atoms with Gasteiger partial charge >= 0.3 is 0 Å². The summed E-state index contributed by atoms with van der Waals surface area (Å²) in [4.78, 5) is 65.1. The lowest BCUT2D eigenvalue weighted by atomic mass is 9.84. The number of amides is 3. The summed E-state index contributed by atoms with van der Waals surface area (Å²) in [5.41, 5.74) is 9.84. The van der Waals surface area contributed by atoms with Gasteiger partial charge in [0.25, 0.3) is 11.5 Å². The SMILES string of the molecule is COc1cc(N)c(C=NC2CCC(CCN3CCN(c4cccc5c(C6CCC(=O)NC6=O)cncc45)CC3)CC2)cc1C(=O)Nc1cccn(C2CC2)c1=O. The Hall–Kier alpha value is -5.56. The van der Waals surface area contributed by atoms with E-state index in [9.17, 15) is 19.2 Å². The van der Waals surface area contributed by atoms with Gasteiger partial charge in [-0.3, -0.25) is 39.4 Å². The van der Waals surface area contributed by atoms with Gasteiger partial charge in [-0.2, -0.15) is 0 Å². The molecule has 8 rings (SSSR count). The molecule has 2 aromatic heterocycles. The summed E-state index contributed by atoms with van der Waals surface area (Å²) in [5, 5.41) is 7.35. The number of aliphatic imine (C=N–C) groups is 1. The third-order valence-electron chi connectivity index (χ3n) is 12.0. The van der Waals surface area contributed by atoms with E-state index in [1.807, 2.05) is 6.20 Å². The van der Waals surface area contributed by atoms with Gasteiger partial charge in [0.2, 0.25) is 11.8 Å². The van der Waals surface area contributed by atoms with Crippen molar-refractivity contribution in [3.63, 3.8) is 0 Å². The predicted octanol–water partition coefficient (Wildman–Crippen LogP) is 5.28. The monoisotopic (exact) mass is 758 g/mol. The molecule has 1 atom stereocenters. The normalized spacial score (nSPS) is 22.0. The van der Waals surface area contributed by atoms with Crippen LogP contribution in [0.4, 0.5) is 17.1 Å². The molecule has 0 spiro atoms. The number of fused-ring (bicyclic) bond motifs is 1. The molecule has 2 saturated heterocycles. The first-order valence-electron chi connectivity index (χ1n) is 20.0. The molecule has 13 nitrogen and oxygen atoms in total. The van der Waals surface area contributed by atoms with E-state index in [1.54, 1.807) is 47.4 Å². The summed E-state index contributed by atoms with van der Waals surface area (Å²) in [6, 6.07) is 13.4. The molecule has 1 unspecified atom stereocenters. The third kappa shape index (κ3) is 8.04. The number of carbonyl (C=O) groups excluding carboxylic acids is 3. The quantitative estimate of drug-likeness (QED) is 0.105. The van der Waals surface area contributed by atoms with Crippen LogP contribution in [0.15, 0.2) is 70.8 Å². The van der Waals surface area contributed by atoms with Crippen molar-refractivity contribution in [2.45, 2.75) is 75.8 Å². The number of nitrogens with zero attached hydrogens (tertiary/aromatic N) is 5. The first-order chi connectivity index (χ1) is 27.2. The van der Waals surface area contributed by atoms with Crippen molar-refractivity contribution < 1.29 is 19.1 Å². The van der Waals surface area contributed by atoms with Crippen LogP contribution < -0.4 is 31.6 Å². The van der Waals surface area contributed by atoms with Crippen LogP contribution in [0, 0.1) is 5.92 Å². The maximum absolute atomic E-state index is 13.4. The van der Waals surface area contributed by atoms with Crippen LogP contribution in [-0.4, -0.2) is 84.3 Å². The number of benzene rings is 2. The van der Waals surface area contributed by atoms with Crippen LogP contribution in [0.5, 0.6) is 5.75 Å². The summed E-state index contributed by atoms with van der Waals surface area (Å²) in [6.07, 6.45) is 15.4. The molecule has 292 valence electrons. The number of carbonyl (C=O) groups is 3. The lowest BCUT2D eigenvalue weighted by Gasteiger charge is -2.37. The summed E-state index contributed by atoms with van der Waals surface area (Å²) >= 11 is 0. The predicted molar refractivity (Wildman–Crippen MR) is 218 cm³/mol. The van der Waals surface area contributed by atoms with E-state index >= 15 is 0 Å². The Labute approximate surface area is 326 Å². The van der Waals surface area contributed by atoms with Crippen LogP contribution >= 0.6 is 0 Å². The zero-order valence-electron chi connectivity index (χ0n) is 31.9. The second-order valence-electron chi connectivity index (χ2n) is 15.7. The van der Waals surface area contributed by atoms with E-state index in [2.05, 4.69) is 43.6 Å². The van der Waals surface area contributed by atoms with Gasteiger partial charge in [0.15, 0.2) is 0 Å². The zero-order valence-corrected chi connectivity index (χ0v) is 31.9. The molecule has 4 N–H and O–H groups in total. The molecule has 4 heterocycles. The molecule has 56 heavy (non-hydrogen) atoms. The van der Waals surface area contributed by atoms with E-state index < -0.39 is 5.91 Å². The Kier molecular flexibility index (Phi) is 10.9. The summed E-state index contributed by atoms with van der Waals surface area (Å²) in [6.45, 7) is 4.90. The molecule has 0 radical (unpaired) electrons. The minimum absolute atomic E-state index is 0.199. The lowest BCUT2D eigenvalue weighted by Crippen LogP contribution is -2.47. The van der Waals surface area contributed by atoms with E-state index in [4.69, 9.17) is 15.5 Å². The minimum atomic E-state index is -0.435. The topological polar surface area (TPSA) is 164 Å². The second kappa shape index (κ2) is 16.3. The molecule has 4 aliphatic rings. The van der Waals surface area contributed by atoms with Crippen molar-refractivity contribution >= 4 is 51.8 Å². The molecule has 2 aliphatic carbocycles. The van der Waals surface area contributed by atoms with Crippen molar-refractivity contribution in [2.24, 2.45) is 10.9 Å². The van der Waals surface area contributed by atoms with Gasteiger partial charge in [-0.15, -0.1) is 0 Å². The Bertz CT molecular complexity index is 2220. The number of ether oxygens (including phenoxy) is 1. The number of piperidine rings is 1. The molecule has 2 aromatic carbocycles.